The van der Waals surface area contributed by atoms with Crippen molar-refractivity contribution in [1.82, 2.24) is 5.32 Å². The van der Waals surface area contributed by atoms with Crippen LogP contribution >= 0.6 is 54.8 Å². The number of nitrogens with one attached hydrogen (secondary N) is 1. The van der Waals surface area contributed by atoms with Crippen molar-refractivity contribution in [3.8, 4) is 0 Å². The van der Waals surface area contributed by atoms with Gasteiger partial charge >= 0.3 is 0 Å². The van der Waals surface area contributed by atoms with Gasteiger partial charge in [0.2, 0.25) is 0 Å². The van der Waals surface area contributed by atoms with Crippen LogP contribution in [0.5, 0.6) is 0 Å². The Kier molecular flexibility index (Phi) is 5.06. The van der Waals surface area contributed by atoms with Crippen molar-refractivity contribution < 1.29 is 0 Å². The second-order valence-electron chi connectivity index (χ2n) is 3.56. The van der Waals surface area contributed by atoms with Crippen molar-refractivity contribution >= 4 is 54.8 Å². The van der Waals surface area contributed by atoms with Crippen molar-refractivity contribution in [3.63, 3.8) is 0 Å². The van der Waals surface area contributed by atoms with Gasteiger partial charge in [-0.15, -0.1) is 11.3 Å². The molecule has 2 aromatic rings. The Bertz CT molecular complexity index is 513. The van der Waals surface area contributed by atoms with Gasteiger partial charge in [-0.25, -0.2) is 0 Å². The molecule has 0 saturated carbocycles. The van der Waals surface area contributed by atoms with E-state index in [2.05, 4.69) is 55.4 Å². The first kappa shape index (κ1) is 13.6. The standard InChI is InChI=1S/C12H10Br2ClNS/c13-10-3-1-8(5-11(10)15)6-16-7-9-2-4-12(14)17-9/h1-5,16H,6-7H2. The van der Waals surface area contributed by atoms with E-state index >= 15 is 0 Å². The molecular formula is C12H10Br2ClNS. The van der Waals surface area contributed by atoms with E-state index in [1.807, 2.05) is 12.1 Å². The molecule has 17 heavy (non-hydrogen) atoms. The van der Waals surface area contributed by atoms with Gasteiger partial charge in [0.1, 0.15) is 0 Å². The van der Waals surface area contributed by atoms with Crippen molar-refractivity contribution in [3.05, 3.63) is 54.1 Å². The SMILES string of the molecule is Clc1cc(CNCc2ccc(Br)s2)ccc1Br. The summed E-state index contributed by atoms with van der Waals surface area (Å²) in [5, 5.41) is 4.15. The largest absolute Gasteiger partial charge is 0.308 e. The molecule has 1 aromatic heterocycles. The van der Waals surface area contributed by atoms with Crippen LogP contribution in [0.1, 0.15) is 10.4 Å². The summed E-state index contributed by atoms with van der Waals surface area (Å²) in [6.07, 6.45) is 0. The van der Waals surface area contributed by atoms with Crippen molar-refractivity contribution in [2.45, 2.75) is 13.1 Å². The van der Waals surface area contributed by atoms with Gasteiger partial charge < -0.3 is 5.32 Å². The normalized spacial score (nSPS) is 10.8. The van der Waals surface area contributed by atoms with E-state index in [-0.39, 0.29) is 0 Å². The molecule has 0 radical (unpaired) electrons. The van der Waals surface area contributed by atoms with E-state index in [0.29, 0.717) is 0 Å². The molecule has 1 aromatic carbocycles. The Labute approximate surface area is 126 Å². The van der Waals surface area contributed by atoms with Crippen LogP contribution < -0.4 is 5.32 Å². The highest BCUT2D eigenvalue weighted by molar-refractivity contribution is 9.11. The molecule has 1 heterocycles. The Hall–Kier alpha value is 0.130. The first-order valence-electron chi connectivity index (χ1n) is 5.04. The summed E-state index contributed by atoms with van der Waals surface area (Å²) in [6.45, 7) is 1.70. The second-order valence-corrected chi connectivity index (χ2v) is 7.37. The molecule has 0 saturated heterocycles. The van der Waals surface area contributed by atoms with Crippen LogP contribution in [-0.2, 0) is 13.1 Å². The Morgan fingerprint density at radius 3 is 2.59 bits per heavy atom. The van der Waals surface area contributed by atoms with Crippen LogP contribution in [0.15, 0.2) is 38.6 Å². The zero-order chi connectivity index (χ0) is 12.3. The smallest absolute Gasteiger partial charge is 0.0701 e. The van der Waals surface area contributed by atoms with Crippen molar-refractivity contribution in [2.75, 3.05) is 0 Å². The van der Waals surface area contributed by atoms with Gasteiger partial charge in [0.05, 0.1) is 8.81 Å². The number of hydrogen-bond donors (Lipinski definition) is 1. The number of rotatable bonds is 4. The highest BCUT2D eigenvalue weighted by atomic mass is 79.9. The number of hydrogen-bond acceptors (Lipinski definition) is 2. The predicted molar refractivity (Wildman–Crippen MR) is 81.7 cm³/mol. The third-order valence-corrected chi connectivity index (χ3v) is 5.10. The van der Waals surface area contributed by atoms with Crippen LogP contribution in [0.4, 0.5) is 0 Å². The number of thiophene rings is 1. The molecule has 0 aliphatic carbocycles. The lowest BCUT2D eigenvalue weighted by Crippen LogP contribution is -2.11. The topological polar surface area (TPSA) is 12.0 Å². The summed E-state index contributed by atoms with van der Waals surface area (Å²) in [5.41, 5.74) is 1.19. The molecule has 0 bridgehead atoms. The van der Waals surface area contributed by atoms with Crippen LogP contribution in [-0.4, -0.2) is 0 Å². The minimum absolute atomic E-state index is 0.753. The Balaban J connectivity index is 1.87. The molecule has 0 aliphatic heterocycles. The quantitative estimate of drug-likeness (QED) is 0.749. The minimum atomic E-state index is 0.753. The average Bonchev–Trinajstić information content (AvgIpc) is 2.70. The summed E-state index contributed by atoms with van der Waals surface area (Å²) in [6, 6.07) is 10.2. The molecule has 0 amide bonds. The first-order chi connectivity index (χ1) is 8.15. The van der Waals surface area contributed by atoms with Crippen LogP contribution in [0.3, 0.4) is 0 Å². The predicted octanol–water partition coefficient (Wildman–Crippen LogP) is 5.22. The lowest BCUT2D eigenvalue weighted by molar-refractivity contribution is 0.701. The fourth-order valence-electron chi connectivity index (χ4n) is 1.43. The summed E-state index contributed by atoms with van der Waals surface area (Å²) in [7, 11) is 0. The molecule has 1 N–H and O–H groups in total. The van der Waals surface area contributed by atoms with Gasteiger partial charge in [0.15, 0.2) is 0 Å². The van der Waals surface area contributed by atoms with Gasteiger partial charge in [-0.3, -0.25) is 0 Å². The van der Waals surface area contributed by atoms with Gasteiger partial charge in [0.25, 0.3) is 0 Å². The Morgan fingerprint density at radius 2 is 1.94 bits per heavy atom. The third kappa shape index (κ3) is 4.07. The summed E-state index contributed by atoms with van der Waals surface area (Å²) >= 11 is 14.6. The highest BCUT2D eigenvalue weighted by Gasteiger charge is 2.00. The number of benzene rings is 1. The second kappa shape index (κ2) is 6.34. The molecule has 0 spiro atoms. The molecule has 0 unspecified atom stereocenters. The number of halogens is 3. The molecule has 2 rings (SSSR count). The summed E-state index contributed by atoms with van der Waals surface area (Å²) < 4.78 is 2.10. The molecule has 90 valence electrons. The molecule has 0 fully saturated rings. The lowest BCUT2D eigenvalue weighted by Gasteiger charge is -2.04. The van der Waals surface area contributed by atoms with Gasteiger partial charge in [-0.1, -0.05) is 17.7 Å². The fourth-order valence-corrected chi connectivity index (χ4v) is 3.33. The van der Waals surface area contributed by atoms with Crippen molar-refractivity contribution in [2.24, 2.45) is 0 Å². The molecule has 0 aliphatic rings. The van der Waals surface area contributed by atoms with E-state index < -0.39 is 0 Å². The molecular weight excluding hydrogens is 385 g/mol. The fraction of sp³-hybridized carbons (Fsp3) is 0.167. The Morgan fingerprint density at radius 1 is 1.12 bits per heavy atom. The van der Waals surface area contributed by atoms with Gasteiger partial charge in [-0.05, 0) is 61.7 Å². The molecule has 0 atom stereocenters. The summed E-state index contributed by atoms with van der Waals surface area (Å²) in [4.78, 5) is 1.32. The van der Waals surface area contributed by atoms with E-state index in [4.69, 9.17) is 11.6 Å². The van der Waals surface area contributed by atoms with E-state index in [0.717, 1.165) is 22.6 Å². The maximum atomic E-state index is 6.03. The average molecular weight is 396 g/mol. The third-order valence-electron chi connectivity index (χ3n) is 2.24. The summed E-state index contributed by atoms with van der Waals surface area (Å²) in [5.74, 6) is 0. The van der Waals surface area contributed by atoms with E-state index in [1.165, 1.54) is 14.2 Å². The van der Waals surface area contributed by atoms with Gasteiger partial charge in [-0.2, -0.15) is 0 Å². The van der Waals surface area contributed by atoms with E-state index in [1.54, 1.807) is 11.3 Å². The monoisotopic (exact) mass is 393 g/mol. The molecule has 5 heteroatoms. The van der Waals surface area contributed by atoms with Gasteiger partial charge in [0, 0.05) is 22.4 Å². The zero-order valence-electron chi connectivity index (χ0n) is 8.84. The lowest BCUT2D eigenvalue weighted by atomic mass is 10.2. The minimum Gasteiger partial charge on any atom is -0.308 e. The zero-order valence-corrected chi connectivity index (χ0v) is 13.6. The van der Waals surface area contributed by atoms with Crippen LogP contribution in [0.2, 0.25) is 5.02 Å². The maximum absolute atomic E-state index is 6.03. The maximum Gasteiger partial charge on any atom is 0.0701 e. The van der Waals surface area contributed by atoms with E-state index in [9.17, 15) is 0 Å². The first-order valence-corrected chi connectivity index (χ1v) is 7.82. The van der Waals surface area contributed by atoms with Crippen LogP contribution in [0.25, 0.3) is 0 Å². The molecule has 1 nitrogen and oxygen atoms in total. The highest BCUT2D eigenvalue weighted by Crippen LogP contribution is 2.24. The van der Waals surface area contributed by atoms with Crippen LogP contribution in [0, 0.1) is 0 Å². The van der Waals surface area contributed by atoms with Crippen molar-refractivity contribution in [1.29, 1.82) is 0 Å².